The molecule has 0 aliphatic carbocycles. The molecule has 0 bridgehead atoms. The molecule has 8 aromatic heterocycles. The van der Waals surface area contributed by atoms with Gasteiger partial charge in [0.05, 0.1) is 33.5 Å². The van der Waals surface area contributed by atoms with E-state index in [1.807, 2.05) is 150 Å². The Balaban J connectivity index is 0.000000145. The fraction of sp³-hybridized carbons (Fsp3) is 0. The van der Waals surface area contributed by atoms with Gasteiger partial charge in [0.1, 0.15) is 5.69 Å². The van der Waals surface area contributed by atoms with E-state index >= 15 is 0 Å². The highest BCUT2D eigenvalue weighted by atomic mass is 32.1. The standard InChI is InChI=1S/2C62H39N5S/c1-6-19-40(20-7-1)44-35-45(41-21-8-2-9-22-41)37-46(36-44)54-34-33-49(58(63-54)62-65-60(42-23-10-3-11-24-42)64-61(66-62)43-25-12-4-13-26-43)50-30-18-31-51-53-38-56-52(39-57(53)68-59(50)51)48-29-16-17-32-55(48)67(56)47-27-14-5-15-28-47;1-6-18-40(19-7-1)45-32-46(41-20-8-2-9-21-41)34-47(33-45)48-35-54(62-65-60(42-22-10-3-11-23-42)64-61(66-62)43-24-12-4-13-25-43)59(63-39-48)44-30-31-51-53-37-56-52(38-58(53)68-57(51)36-44)50-28-16-17-29-55(50)67(56)49-26-14-5-15-27-49/h2*1-39H. The van der Waals surface area contributed by atoms with Crippen LogP contribution in [0.1, 0.15) is 0 Å². The predicted molar refractivity (Wildman–Crippen MR) is 566 cm³/mol. The molecule has 0 saturated carbocycles. The largest absolute Gasteiger partial charge is 0.309 e. The minimum atomic E-state index is 0.504. The van der Waals surface area contributed by atoms with E-state index in [0.717, 1.165) is 128 Å². The zero-order chi connectivity index (χ0) is 89.9. The predicted octanol–water partition coefficient (Wildman–Crippen LogP) is 32.8. The number of thiophene rings is 2. The molecule has 0 atom stereocenters. The van der Waals surface area contributed by atoms with Crippen LogP contribution >= 0.6 is 22.7 Å². The van der Waals surface area contributed by atoms with Gasteiger partial charge >= 0.3 is 0 Å². The molecular weight excluding hydrogens is 1690 g/mol. The van der Waals surface area contributed by atoms with Crippen molar-refractivity contribution in [2.75, 3.05) is 0 Å². The van der Waals surface area contributed by atoms with E-state index in [9.17, 15) is 0 Å². The topological polar surface area (TPSA) is 113 Å². The van der Waals surface area contributed by atoms with Crippen LogP contribution in [0, 0.1) is 0 Å². The van der Waals surface area contributed by atoms with E-state index < -0.39 is 0 Å². The Morgan fingerprint density at radius 2 is 0.529 bits per heavy atom. The minimum Gasteiger partial charge on any atom is -0.309 e. The molecule has 0 fully saturated rings. The second kappa shape index (κ2) is 34.6. The number of pyridine rings is 2. The van der Waals surface area contributed by atoms with Crippen molar-refractivity contribution in [2.24, 2.45) is 0 Å². The normalized spacial score (nSPS) is 11.5. The van der Waals surface area contributed by atoms with Gasteiger partial charge in [-0.05, 0) is 171 Å². The molecule has 26 aromatic rings. The maximum absolute atomic E-state index is 5.65. The second-order valence-electron chi connectivity index (χ2n) is 34.1. The van der Waals surface area contributed by atoms with Gasteiger partial charge in [0.25, 0.3) is 0 Å². The van der Waals surface area contributed by atoms with E-state index in [0.29, 0.717) is 40.6 Å². The van der Waals surface area contributed by atoms with Gasteiger partial charge in [0, 0.05) is 135 Å². The first-order valence-corrected chi connectivity index (χ1v) is 47.2. The highest BCUT2D eigenvalue weighted by Crippen LogP contribution is 2.49. The fourth-order valence-corrected chi connectivity index (χ4v) is 21.6. The summed E-state index contributed by atoms with van der Waals surface area (Å²) in [5.74, 6) is 3.43. The van der Waals surface area contributed by atoms with Crippen molar-refractivity contribution < 1.29 is 0 Å². The third-order valence-corrected chi connectivity index (χ3v) is 28.0. The van der Waals surface area contributed by atoms with Crippen molar-refractivity contribution in [2.45, 2.75) is 0 Å². The molecule has 0 spiro atoms. The summed E-state index contributed by atoms with van der Waals surface area (Å²) in [5, 5.41) is 9.81. The molecule has 636 valence electrons. The van der Waals surface area contributed by atoms with Gasteiger partial charge in [-0.15, -0.1) is 22.7 Å². The van der Waals surface area contributed by atoms with Gasteiger partial charge in [-0.3, -0.25) is 4.98 Å². The first-order chi connectivity index (χ1) is 67.4. The monoisotopic (exact) mass is 1770 g/mol. The molecule has 136 heavy (non-hydrogen) atoms. The van der Waals surface area contributed by atoms with Gasteiger partial charge in [-0.1, -0.05) is 346 Å². The van der Waals surface area contributed by atoms with Crippen LogP contribution in [0.2, 0.25) is 0 Å². The van der Waals surface area contributed by atoms with Crippen molar-refractivity contribution >= 4 is 107 Å². The van der Waals surface area contributed by atoms with Gasteiger partial charge in [-0.2, -0.15) is 0 Å². The maximum atomic E-state index is 5.65. The van der Waals surface area contributed by atoms with Gasteiger partial charge in [-0.25, -0.2) is 34.9 Å². The lowest BCUT2D eigenvalue weighted by atomic mass is 9.92. The minimum absolute atomic E-state index is 0.504. The molecule has 0 radical (unpaired) electrons. The molecule has 8 heterocycles. The third kappa shape index (κ3) is 15.0. The van der Waals surface area contributed by atoms with Gasteiger partial charge < -0.3 is 9.13 Å². The summed E-state index contributed by atoms with van der Waals surface area (Å²) in [6, 6.07) is 165. The molecule has 0 N–H and O–H groups in total. The van der Waals surface area contributed by atoms with E-state index in [1.165, 1.54) is 84.0 Å². The Kier molecular flexibility index (Phi) is 20.4. The molecule has 26 rings (SSSR count). The SMILES string of the molecule is c1ccc(-c2cc(-c3ccccc3)cc(-c3ccc(-c4cccc5c4sc4cc6c7ccccc7n(-c7ccccc7)c6cc45)c(-c4nc(-c5ccccc5)nc(-c5ccccc5)n4)n3)c2)cc1.c1ccc(-c2cc(-c3ccccc3)cc(-c3cnc(-c4ccc5c(c4)sc4cc6c7ccccc7n(-c7ccccc7)c6cc45)c(-c4nc(-c5ccccc5)nc(-c5ccccc5)n4)c3)c2)cc1. The van der Waals surface area contributed by atoms with Crippen LogP contribution in [0.15, 0.2) is 473 Å². The summed E-state index contributed by atoms with van der Waals surface area (Å²) in [6.07, 6.45) is 2.00. The Morgan fingerprint density at radius 3 is 0.978 bits per heavy atom. The summed E-state index contributed by atoms with van der Waals surface area (Å²) >= 11 is 3.65. The third-order valence-electron chi connectivity index (χ3n) is 25.7. The first kappa shape index (κ1) is 80.4. The highest BCUT2D eigenvalue weighted by molar-refractivity contribution is 7.26. The highest BCUT2D eigenvalue weighted by Gasteiger charge is 2.27. The second-order valence-corrected chi connectivity index (χ2v) is 36.2. The number of nitrogens with zero attached hydrogens (tertiary/aromatic N) is 10. The summed E-state index contributed by atoms with van der Waals surface area (Å²) in [5.41, 5.74) is 28.9. The van der Waals surface area contributed by atoms with E-state index in [2.05, 4.69) is 355 Å². The van der Waals surface area contributed by atoms with E-state index in [-0.39, 0.29) is 0 Å². The van der Waals surface area contributed by atoms with Crippen molar-refractivity contribution in [3.05, 3.63) is 473 Å². The van der Waals surface area contributed by atoms with Crippen LogP contribution in [-0.4, -0.2) is 49.0 Å². The first-order valence-electron chi connectivity index (χ1n) is 45.6. The van der Waals surface area contributed by atoms with Gasteiger partial charge in [0.2, 0.25) is 0 Å². The average molecular weight is 1770 g/mol. The van der Waals surface area contributed by atoms with Crippen molar-refractivity contribution in [1.82, 2.24) is 49.0 Å². The molecule has 18 aromatic carbocycles. The average Bonchev–Trinajstić information content (AvgIpc) is 1.57. The molecule has 0 aliphatic heterocycles. The maximum Gasteiger partial charge on any atom is 0.183 e. The lowest BCUT2D eigenvalue weighted by Gasteiger charge is -2.15. The van der Waals surface area contributed by atoms with Crippen LogP contribution in [-0.2, 0) is 0 Å². The summed E-state index contributed by atoms with van der Waals surface area (Å²) in [4.78, 5) is 42.3. The van der Waals surface area contributed by atoms with Crippen LogP contribution in [0.25, 0.3) is 253 Å². The summed E-state index contributed by atoms with van der Waals surface area (Å²) in [6.45, 7) is 0. The number of rotatable bonds is 16. The number of fused-ring (bicyclic) bond motifs is 12. The zero-order valence-corrected chi connectivity index (χ0v) is 75.0. The van der Waals surface area contributed by atoms with Crippen LogP contribution < -0.4 is 0 Å². The van der Waals surface area contributed by atoms with Gasteiger partial charge in [0.15, 0.2) is 34.9 Å². The smallest absolute Gasteiger partial charge is 0.183 e. The molecular formula is C124H78N10S2. The Bertz CT molecular complexity index is 8820. The number of para-hydroxylation sites is 4. The Labute approximate surface area is 792 Å². The number of benzene rings is 18. The number of hydrogen-bond acceptors (Lipinski definition) is 10. The fourth-order valence-electron chi connectivity index (χ4n) is 19.2. The van der Waals surface area contributed by atoms with Crippen molar-refractivity contribution in [3.63, 3.8) is 0 Å². The van der Waals surface area contributed by atoms with Crippen LogP contribution in [0.5, 0.6) is 0 Å². The van der Waals surface area contributed by atoms with Crippen LogP contribution in [0.3, 0.4) is 0 Å². The van der Waals surface area contributed by atoms with Crippen molar-refractivity contribution in [3.8, 4) is 169 Å². The number of hydrogen-bond donors (Lipinski definition) is 0. The lowest BCUT2D eigenvalue weighted by Crippen LogP contribution is -2.03. The molecule has 0 aliphatic rings. The van der Waals surface area contributed by atoms with Crippen molar-refractivity contribution in [1.29, 1.82) is 0 Å². The van der Waals surface area contributed by atoms with Crippen LogP contribution in [0.4, 0.5) is 0 Å². The summed E-state index contributed by atoms with van der Waals surface area (Å²) < 4.78 is 9.62. The summed E-state index contributed by atoms with van der Waals surface area (Å²) in [7, 11) is 0. The number of aromatic nitrogens is 10. The molecule has 0 amide bonds. The molecule has 10 nitrogen and oxygen atoms in total. The quantitative estimate of drug-likeness (QED) is 0.0940. The lowest BCUT2D eigenvalue weighted by molar-refractivity contribution is 1.06. The van der Waals surface area contributed by atoms with E-state index in [1.54, 1.807) is 0 Å². The Hall–Kier alpha value is -17.7. The Morgan fingerprint density at radius 1 is 0.169 bits per heavy atom. The van der Waals surface area contributed by atoms with E-state index in [4.69, 9.17) is 39.9 Å². The molecule has 0 unspecified atom stereocenters. The molecule has 12 heteroatoms. The zero-order valence-electron chi connectivity index (χ0n) is 73.3. The molecule has 0 saturated heterocycles.